The van der Waals surface area contributed by atoms with Crippen LogP contribution in [0.15, 0.2) is 170 Å². The molecule has 0 fully saturated rings. The molecule has 0 spiro atoms. The van der Waals surface area contributed by atoms with Gasteiger partial charge in [0.05, 0.1) is 51.6 Å². The van der Waals surface area contributed by atoms with E-state index in [1.807, 2.05) is 54.6 Å². The van der Waals surface area contributed by atoms with Crippen LogP contribution in [0.5, 0.6) is 0 Å². The number of aromatic nitrogens is 1. The molecular weight excluding hydrogens is 625 g/mol. The molecule has 50 heavy (non-hydrogen) atoms. The molecule has 232 valence electrons. The molecule has 1 aromatic heterocycles. The summed E-state index contributed by atoms with van der Waals surface area (Å²) >= 11 is 0. The van der Waals surface area contributed by atoms with E-state index in [9.17, 15) is 15.8 Å². The molecule has 0 amide bonds. The van der Waals surface area contributed by atoms with Crippen molar-refractivity contribution in [2.24, 2.45) is 0 Å². The lowest BCUT2D eigenvalue weighted by atomic mass is 10.0. The molecule has 7 aromatic carbocycles. The first-order chi connectivity index (χ1) is 24.6. The quantitative estimate of drug-likeness (QED) is 0.138. The average molecular weight is 653 g/mol. The zero-order chi connectivity index (χ0) is 34.1. The molecule has 8 aromatic rings. The van der Waals surface area contributed by atoms with Crippen LogP contribution in [0.1, 0.15) is 16.7 Å². The van der Waals surface area contributed by atoms with Crippen LogP contribution in [-0.4, -0.2) is 12.6 Å². The first-order valence-electron chi connectivity index (χ1n) is 16.4. The number of nitriles is 3. The molecule has 0 bridgehead atoms. The molecule has 0 saturated carbocycles. The molecule has 0 saturated heterocycles. The predicted octanol–water partition coefficient (Wildman–Crippen LogP) is 7.44. The standard InChI is InChI=1S/C45H28N4Si/c46-29-32-20-22-44-41(26-32)42-27-33(30-47)21-23-45(42)49(44)43-19-11-10-18-40(43)35-24-34(31-48)25-39(28-35)50(36-12-4-1-5-13-36,37-14-6-2-7-15-37)38-16-8-3-9-17-38/h1-28H. The Morgan fingerprint density at radius 2 is 0.860 bits per heavy atom. The Bertz CT molecular complexity index is 2510. The van der Waals surface area contributed by atoms with Crippen molar-refractivity contribution in [3.63, 3.8) is 0 Å². The van der Waals surface area contributed by atoms with Crippen molar-refractivity contribution in [3.8, 4) is 35.0 Å². The summed E-state index contributed by atoms with van der Waals surface area (Å²) < 4.78 is 2.21. The van der Waals surface area contributed by atoms with E-state index in [1.165, 1.54) is 15.6 Å². The van der Waals surface area contributed by atoms with Gasteiger partial charge in [-0.25, -0.2) is 0 Å². The van der Waals surface area contributed by atoms with Crippen molar-refractivity contribution in [2.75, 3.05) is 0 Å². The Hall–Kier alpha value is -6.97. The lowest BCUT2D eigenvalue weighted by molar-refractivity contribution is 1.18. The van der Waals surface area contributed by atoms with Crippen LogP contribution < -0.4 is 20.7 Å². The van der Waals surface area contributed by atoms with Gasteiger partial charge in [-0.2, -0.15) is 15.8 Å². The summed E-state index contributed by atoms with van der Waals surface area (Å²) in [5.74, 6) is 0. The molecule has 0 aliphatic rings. The summed E-state index contributed by atoms with van der Waals surface area (Å²) in [6.45, 7) is 0. The highest BCUT2D eigenvalue weighted by atomic mass is 28.3. The SMILES string of the molecule is N#Cc1cc(-c2ccccc2-n2c3ccc(C#N)cc3c3cc(C#N)ccc32)cc([Si](c2ccccc2)(c2ccccc2)c2ccccc2)c1. The number of rotatable bonds is 6. The van der Waals surface area contributed by atoms with Gasteiger partial charge >= 0.3 is 0 Å². The molecule has 0 radical (unpaired) electrons. The van der Waals surface area contributed by atoms with Crippen LogP contribution in [0.25, 0.3) is 38.6 Å². The van der Waals surface area contributed by atoms with Crippen molar-refractivity contribution in [2.45, 2.75) is 0 Å². The summed E-state index contributed by atoms with van der Waals surface area (Å²) in [4.78, 5) is 0. The van der Waals surface area contributed by atoms with Gasteiger partial charge in [-0.1, -0.05) is 115 Å². The fourth-order valence-electron chi connectivity index (χ4n) is 7.46. The van der Waals surface area contributed by atoms with Crippen molar-refractivity contribution in [3.05, 3.63) is 187 Å². The first kappa shape index (κ1) is 30.4. The second-order valence-corrected chi connectivity index (χ2v) is 16.1. The van der Waals surface area contributed by atoms with Gasteiger partial charge in [-0.05, 0) is 80.9 Å². The van der Waals surface area contributed by atoms with Gasteiger partial charge in [0, 0.05) is 16.3 Å². The Kier molecular flexibility index (Phi) is 7.63. The zero-order valence-electron chi connectivity index (χ0n) is 27.0. The zero-order valence-corrected chi connectivity index (χ0v) is 28.0. The smallest absolute Gasteiger partial charge is 0.179 e. The van der Waals surface area contributed by atoms with Crippen molar-refractivity contribution in [1.82, 2.24) is 4.57 Å². The highest BCUT2D eigenvalue weighted by Crippen LogP contribution is 2.37. The van der Waals surface area contributed by atoms with Crippen LogP contribution in [0.4, 0.5) is 0 Å². The van der Waals surface area contributed by atoms with E-state index in [-0.39, 0.29) is 0 Å². The van der Waals surface area contributed by atoms with Gasteiger partial charge in [-0.3, -0.25) is 0 Å². The van der Waals surface area contributed by atoms with E-state index >= 15 is 0 Å². The van der Waals surface area contributed by atoms with Crippen LogP contribution in [-0.2, 0) is 0 Å². The lowest BCUT2D eigenvalue weighted by Crippen LogP contribution is -2.74. The van der Waals surface area contributed by atoms with E-state index in [0.29, 0.717) is 16.7 Å². The Labute approximate surface area is 291 Å². The van der Waals surface area contributed by atoms with Gasteiger partial charge in [0.1, 0.15) is 0 Å². The normalized spacial score (nSPS) is 11.1. The van der Waals surface area contributed by atoms with Crippen molar-refractivity contribution in [1.29, 1.82) is 15.8 Å². The highest BCUT2D eigenvalue weighted by molar-refractivity contribution is 7.19. The van der Waals surface area contributed by atoms with Crippen LogP contribution >= 0.6 is 0 Å². The van der Waals surface area contributed by atoms with Gasteiger partial charge < -0.3 is 4.57 Å². The molecule has 0 aliphatic carbocycles. The van der Waals surface area contributed by atoms with Crippen molar-refractivity contribution >= 4 is 50.6 Å². The van der Waals surface area contributed by atoms with Gasteiger partial charge in [0.25, 0.3) is 0 Å². The molecule has 4 nitrogen and oxygen atoms in total. The third-order valence-corrected chi connectivity index (χ3v) is 14.3. The Morgan fingerprint density at radius 1 is 0.400 bits per heavy atom. The monoisotopic (exact) mass is 652 g/mol. The maximum atomic E-state index is 10.6. The number of nitrogens with zero attached hydrogens (tertiary/aromatic N) is 4. The van der Waals surface area contributed by atoms with Gasteiger partial charge in [0.15, 0.2) is 8.07 Å². The number of hydrogen-bond acceptors (Lipinski definition) is 3. The van der Waals surface area contributed by atoms with E-state index in [4.69, 9.17) is 0 Å². The Morgan fingerprint density at radius 3 is 1.34 bits per heavy atom. The van der Waals surface area contributed by atoms with Gasteiger partial charge in [-0.15, -0.1) is 0 Å². The summed E-state index contributed by atoms with van der Waals surface area (Å²) in [5, 5.41) is 36.7. The minimum absolute atomic E-state index is 0.558. The van der Waals surface area contributed by atoms with E-state index < -0.39 is 8.07 Å². The topological polar surface area (TPSA) is 76.3 Å². The minimum Gasteiger partial charge on any atom is -0.309 e. The minimum atomic E-state index is -2.92. The molecular formula is C45H28N4Si. The molecule has 8 rings (SSSR count). The third kappa shape index (κ3) is 4.88. The van der Waals surface area contributed by atoms with Crippen LogP contribution in [0.3, 0.4) is 0 Å². The second-order valence-electron chi connectivity index (χ2n) is 12.3. The number of fused-ring (bicyclic) bond motifs is 3. The summed E-state index contributed by atoms with van der Waals surface area (Å²) in [5.41, 5.74) is 6.41. The lowest BCUT2D eigenvalue weighted by Gasteiger charge is -2.35. The number of hydrogen-bond donors (Lipinski definition) is 0. The summed E-state index contributed by atoms with van der Waals surface area (Å²) in [6, 6.07) is 65.2. The molecule has 0 aliphatic heterocycles. The van der Waals surface area contributed by atoms with E-state index in [1.54, 1.807) is 0 Å². The van der Waals surface area contributed by atoms with E-state index in [0.717, 1.165) is 43.8 Å². The molecule has 0 atom stereocenters. The largest absolute Gasteiger partial charge is 0.309 e. The van der Waals surface area contributed by atoms with Gasteiger partial charge in [0.2, 0.25) is 0 Å². The summed E-state index contributed by atoms with van der Waals surface area (Å²) in [6.07, 6.45) is 0. The summed E-state index contributed by atoms with van der Waals surface area (Å²) in [7, 11) is -2.92. The van der Waals surface area contributed by atoms with Crippen molar-refractivity contribution < 1.29 is 0 Å². The van der Waals surface area contributed by atoms with Crippen LogP contribution in [0.2, 0.25) is 0 Å². The number of para-hydroxylation sites is 1. The molecule has 1 heterocycles. The maximum absolute atomic E-state index is 10.6. The first-order valence-corrected chi connectivity index (χ1v) is 18.4. The van der Waals surface area contributed by atoms with E-state index in [2.05, 4.69) is 138 Å². The fraction of sp³-hybridized carbons (Fsp3) is 0. The Balaban J connectivity index is 1.45. The number of benzene rings is 7. The fourth-order valence-corrected chi connectivity index (χ4v) is 12.3. The van der Waals surface area contributed by atoms with Crippen LogP contribution in [0, 0.1) is 34.0 Å². The highest BCUT2D eigenvalue weighted by Gasteiger charge is 2.41. The average Bonchev–Trinajstić information content (AvgIpc) is 3.52. The third-order valence-electron chi connectivity index (χ3n) is 9.59. The maximum Gasteiger partial charge on any atom is 0.179 e. The molecule has 0 N–H and O–H groups in total. The molecule has 5 heteroatoms. The molecule has 0 unspecified atom stereocenters. The predicted molar refractivity (Wildman–Crippen MR) is 204 cm³/mol. The second kappa shape index (κ2) is 12.6.